The average Bonchev–Trinajstić information content (AvgIpc) is 3.03. The second kappa shape index (κ2) is 9.09. The summed E-state index contributed by atoms with van der Waals surface area (Å²) in [6.07, 6.45) is -0.107. The second-order valence-corrected chi connectivity index (χ2v) is 7.92. The molecule has 0 aliphatic heterocycles. The minimum Gasteiger partial charge on any atom is -0.451 e. The van der Waals surface area contributed by atoms with Crippen LogP contribution in [0.25, 0.3) is 10.2 Å². The summed E-state index contributed by atoms with van der Waals surface area (Å²) in [5, 5.41) is 0.684. The van der Waals surface area contributed by atoms with Crippen molar-refractivity contribution in [2.24, 2.45) is 5.73 Å². The molecule has 2 heterocycles. The minimum atomic E-state index is -0.750. The number of fused-ring (bicyclic) bond motifs is 1. The molecule has 0 spiro atoms. The third kappa shape index (κ3) is 4.97. The van der Waals surface area contributed by atoms with Crippen molar-refractivity contribution in [3.8, 4) is 0 Å². The van der Waals surface area contributed by atoms with Gasteiger partial charge in [-0.1, -0.05) is 0 Å². The number of benzene rings is 1. The van der Waals surface area contributed by atoms with Gasteiger partial charge in [0.25, 0.3) is 5.91 Å². The first-order chi connectivity index (χ1) is 14.7. The molecule has 3 rings (SSSR count). The summed E-state index contributed by atoms with van der Waals surface area (Å²) in [6, 6.07) is 7.00. The van der Waals surface area contributed by atoms with Crippen LogP contribution in [-0.2, 0) is 14.3 Å². The molecule has 4 N–H and O–H groups in total. The van der Waals surface area contributed by atoms with Crippen molar-refractivity contribution >= 4 is 50.7 Å². The number of halogens is 1. The summed E-state index contributed by atoms with van der Waals surface area (Å²) < 4.78 is 18.4. The molecule has 0 aliphatic rings. The number of carbonyl (C=O) groups excluding carboxylic acids is 3. The number of thiophene rings is 1. The Kier molecular flexibility index (Phi) is 6.50. The van der Waals surface area contributed by atoms with Crippen molar-refractivity contribution in [2.75, 3.05) is 23.8 Å². The highest BCUT2D eigenvalue weighted by atomic mass is 32.1. The Morgan fingerprint density at radius 2 is 1.87 bits per heavy atom. The lowest BCUT2D eigenvalue weighted by Crippen LogP contribution is -2.37. The van der Waals surface area contributed by atoms with Crippen LogP contribution in [0.4, 0.5) is 15.8 Å². The third-order valence-electron chi connectivity index (χ3n) is 4.56. The fourth-order valence-electron chi connectivity index (χ4n) is 3.13. The number of hydrogen-bond acceptors (Lipinski definition) is 7. The van der Waals surface area contributed by atoms with E-state index in [0.717, 1.165) is 22.6 Å². The van der Waals surface area contributed by atoms with E-state index in [0.29, 0.717) is 15.9 Å². The van der Waals surface area contributed by atoms with Crippen molar-refractivity contribution in [2.45, 2.75) is 20.3 Å². The summed E-state index contributed by atoms with van der Waals surface area (Å²) in [6.45, 7) is 3.09. The van der Waals surface area contributed by atoms with Crippen molar-refractivity contribution in [3.63, 3.8) is 0 Å². The van der Waals surface area contributed by atoms with Gasteiger partial charge in [0, 0.05) is 29.7 Å². The highest BCUT2D eigenvalue weighted by Crippen LogP contribution is 2.35. The smallest absolute Gasteiger partial charge is 0.351 e. The summed E-state index contributed by atoms with van der Waals surface area (Å²) in [4.78, 5) is 42.8. The quantitative estimate of drug-likeness (QED) is 0.539. The summed E-state index contributed by atoms with van der Waals surface area (Å²) >= 11 is 1.09. The van der Waals surface area contributed by atoms with Crippen LogP contribution in [0.1, 0.15) is 27.3 Å². The molecule has 0 radical (unpaired) electrons. The van der Waals surface area contributed by atoms with E-state index < -0.39 is 30.2 Å². The van der Waals surface area contributed by atoms with Crippen LogP contribution in [0.15, 0.2) is 30.3 Å². The van der Waals surface area contributed by atoms with Crippen LogP contribution in [-0.4, -0.2) is 35.9 Å². The zero-order valence-corrected chi connectivity index (χ0v) is 17.8. The number of esters is 1. The monoisotopic (exact) mass is 444 g/mol. The van der Waals surface area contributed by atoms with Gasteiger partial charge in [0.2, 0.25) is 5.91 Å². The third-order valence-corrected chi connectivity index (χ3v) is 5.64. The molecule has 0 unspecified atom stereocenters. The number of aryl methyl sites for hydroxylation is 2. The van der Waals surface area contributed by atoms with Gasteiger partial charge >= 0.3 is 5.97 Å². The molecular formula is C21H21FN4O4S. The highest BCUT2D eigenvalue weighted by molar-refractivity contribution is 7.21. The van der Waals surface area contributed by atoms with Gasteiger partial charge in [-0.05, 0) is 49.7 Å². The number of ether oxygens (including phenoxy) is 1. The number of anilines is 2. The van der Waals surface area contributed by atoms with E-state index >= 15 is 0 Å². The molecule has 0 saturated heterocycles. The Labute approximate surface area is 181 Å². The van der Waals surface area contributed by atoms with Crippen molar-refractivity contribution in [1.29, 1.82) is 0 Å². The number of nitrogens with two attached hydrogens (primary N) is 2. The van der Waals surface area contributed by atoms with Crippen LogP contribution in [0.3, 0.4) is 0 Å². The first-order valence-corrected chi connectivity index (χ1v) is 10.2. The molecule has 31 heavy (non-hydrogen) atoms. The number of primary amides is 1. The lowest BCUT2D eigenvalue weighted by molar-refractivity contribution is -0.121. The van der Waals surface area contributed by atoms with Gasteiger partial charge in [-0.3, -0.25) is 9.59 Å². The highest BCUT2D eigenvalue weighted by Gasteiger charge is 2.23. The average molecular weight is 444 g/mol. The lowest BCUT2D eigenvalue weighted by Gasteiger charge is -2.22. The maximum atomic E-state index is 13.2. The Bertz CT molecular complexity index is 1160. The number of hydrogen-bond donors (Lipinski definition) is 2. The Balaban J connectivity index is 1.77. The number of amides is 2. The Morgan fingerprint density at radius 3 is 2.52 bits per heavy atom. The molecule has 2 amide bonds. The number of nitrogen functional groups attached to an aromatic ring is 1. The molecule has 8 nitrogen and oxygen atoms in total. The zero-order valence-electron chi connectivity index (χ0n) is 17.0. The van der Waals surface area contributed by atoms with Crippen LogP contribution in [0.2, 0.25) is 0 Å². The first-order valence-electron chi connectivity index (χ1n) is 9.35. The molecule has 0 atom stereocenters. The topological polar surface area (TPSA) is 129 Å². The van der Waals surface area contributed by atoms with E-state index in [1.807, 2.05) is 19.9 Å². The molecule has 2 aromatic heterocycles. The van der Waals surface area contributed by atoms with Gasteiger partial charge < -0.3 is 21.1 Å². The van der Waals surface area contributed by atoms with E-state index in [2.05, 4.69) is 4.98 Å². The lowest BCUT2D eigenvalue weighted by atomic mass is 10.1. The molecule has 162 valence electrons. The molecular weight excluding hydrogens is 423 g/mol. The van der Waals surface area contributed by atoms with E-state index in [9.17, 15) is 18.8 Å². The van der Waals surface area contributed by atoms with Gasteiger partial charge in [0.05, 0.1) is 5.69 Å². The number of carbonyl (C=O) groups is 3. The number of nitrogens with zero attached hydrogens (tertiary/aromatic N) is 2. The molecule has 0 saturated carbocycles. The largest absolute Gasteiger partial charge is 0.451 e. The van der Waals surface area contributed by atoms with Crippen molar-refractivity contribution < 1.29 is 23.5 Å². The number of rotatable bonds is 7. The van der Waals surface area contributed by atoms with Gasteiger partial charge in [0.1, 0.15) is 15.5 Å². The summed E-state index contributed by atoms with van der Waals surface area (Å²) in [5.74, 6) is -2.42. The first kappa shape index (κ1) is 22.2. The van der Waals surface area contributed by atoms with Crippen molar-refractivity contribution in [3.05, 3.63) is 52.3 Å². The molecule has 0 fully saturated rings. The maximum Gasteiger partial charge on any atom is 0.351 e. The van der Waals surface area contributed by atoms with Gasteiger partial charge in [-0.2, -0.15) is 0 Å². The van der Waals surface area contributed by atoms with Crippen LogP contribution < -0.4 is 16.4 Å². The Hall–Kier alpha value is -3.53. The number of aromatic nitrogens is 1. The fraction of sp³-hybridized carbons (Fsp3) is 0.238. The van der Waals surface area contributed by atoms with Gasteiger partial charge in [-0.25, -0.2) is 14.2 Å². The van der Waals surface area contributed by atoms with Crippen LogP contribution in [0, 0.1) is 19.7 Å². The second-order valence-electron chi connectivity index (χ2n) is 6.92. The normalized spacial score (nSPS) is 10.8. The summed E-state index contributed by atoms with van der Waals surface area (Å²) in [7, 11) is 0. The van der Waals surface area contributed by atoms with Gasteiger partial charge in [-0.15, -0.1) is 11.3 Å². The van der Waals surface area contributed by atoms with E-state index in [-0.39, 0.29) is 23.5 Å². The SMILES string of the molecule is Cc1cc(C)c2c(N)c(C(=O)OCC(=O)N(CCC(N)=O)c3ccc(F)cc3)sc2n1. The maximum absolute atomic E-state index is 13.2. The zero-order chi connectivity index (χ0) is 22.7. The van der Waals surface area contributed by atoms with E-state index in [1.54, 1.807) is 0 Å². The number of pyridine rings is 1. The molecule has 1 aromatic carbocycles. The summed E-state index contributed by atoms with van der Waals surface area (Å²) in [5.41, 5.74) is 13.6. The molecule has 0 bridgehead atoms. The van der Waals surface area contributed by atoms with Crippen LogP contribution >= 0.6 is 11.3 Å². The van der Waals surface area contributed by atoms with E-state index in [1.165, 1.54) is 29.2 Å². The predicted molar refractivity (Wildman–Crippen MR) is 116 cm³/mol. The van der Waals surface area contributed by atoms with E-state index in [4.69, 9.17) is 16.2 Å². The molecule has 3 aromatic rings. The minimum absolute atomic E-state index is 0.0369. The standard InChI is InChI=1S/C21H21FN4O4S/c1-11-9-12(2)25-20-17(11)18(24)19(31-20)21(29)30-10-16(28)26(8-7-15(23)27)14-5-3-13(22)4-6-14/h3-6,9H,7-8,10,24H2,1-2H3,(H2,23,27). The van der Waals surface area contributed by atoms with Crippen LogP contribution in [0.5, 0.6) is 0 Å². The molecule has 0 aliphatic carbocycles. The fourth-order valence-corrected chi connectivity index (χ4v) is 4.24. The Morgan fingerprint density at radius 1 is 1.19 bits per heavy atom. The predicted octanol–water partition coefficient (Wildman–Crippen LogP) is 2.70. The molecule has 10 heteroatoms. The van der Waals surface area contributed by atoms with Gasteiger partial charge in [0.15, 0.2) is 6.61 Å². The van der Waals surface area contributed by atoms with Crippen molar-refractivity contribution in [1.82, 2.24) is 4.98 Å².